The normalized spacial score (nSPS) is 18.0. The largest absolute Gasteiger partial charge is 0.314 e. The van der Waals surface area contributed by atoms with Gasteiger partial charge in [-0.15, -0.1) is 0 Å². The van der Waals surface area contributed by atoms with Gasteiger partial charge in [-0.05, 0) is 86.5 Å². The van der Waals surface area contributed by atoms with E-state index in [2.05, 4.69) is 141 Å². The molecule has 0 N–H and O–H groups in total. The van der Waals surface area contributed by atoms with Gasteiger partial charge in [-0.2, -0.15) is 0 Å². The molecule has 180 valence electrons. The number of fused-ring (bicyclic) bond motifs is 4. The van der Waals surface area contributed by atoms with Crippen LogP contribution in [0.15, 0.2) is 127 Å². The van der Waals surface area contributed by atoms with Crippen LogP contribution in [-0.4, -0.2) is 0 Å². The maximum absolute atomic E-state index is 2.50. The van der Waals surface area contributed by atoms with Crippen molar-refractivity contribution in [3.8, 4) is 0 Å². The zero-order valence-corrected chi connectivity index (χ0v) is 21.7. The highest BCUT2D eigenvalue weighted by Crippen LogP contribution is 2.53. The fourth-order valence-electron chi connectivity index (χ4n) is 6.59. The summed E-state index contributed by atoms with van der Waals surface area (Å²) in [5.74, 6) is 0.446. The summed E-state index contributed by atoms with van der Waals surface area (Å²) in [5.41, 5.74) is 9.66. The summed E-state index contributed by atoms with van der Waals surface area (Å²) in [6, 6.07) is 40.1. The molecule has 37 heavy (non-hydrogen) atoms. The third-order valence-corrected chi connectivity index (χ3v) is 8.44. The number of anilines is 2. The van der Waals surface area contributed by atoms with Gasteiger partial charge in [0.25, 0.3) is 0 Å². The highest BCUT2D eigenvalue weighted by atomic mass is 15.1. The molecule has 0 saturated carbocycles. The predicted molar refractivity (Wildman–Crippen MR) is 158 cm³/mol. The third kappa shape index (κ3) is 3.45. The van der Waals surface area contributed by atoms with Crippen LogP contribution in [0.5, 0.6) is 0 Å². The second-order valence-corrected chi connectivity index (χ2v) is 11.1. The number of hydrogen-bond acceptors (Lipinski definition) is 1. The lowest BCUT2D eigenvalue weighted by atomic mass is 9.77. The maximum atomic E-state index is 2.50. The molecule has 0 fully saturated rings. The van der Waals surface area contributed by atoms with Gasteiger partial charge < -0.3 is 4.90 Å². The number of allylic oxidation sites excluding steroid dienone is 4. The van der Waals surface area contributed by atoms with Crippen molar-refractivity contribution in [3.05, 3.63) is 138 Å². The second kappa shape index (κ2) is 8.21. The van der Waals surface area contributed by atoms with E-state index in [0.29, 0.717) is 5.92 Å². The topological polar surface area (TPSA) is 3.24 Å². The van der Waals surface area contributed by atoms with Crippen LogP contribution in [0.4, 0.5) is 11.4 Å². The van der Waals surface area contributed by atoms with Crippen molar-refractivity contribution in [2.75, 3.05) is 4.90 Å². The molecule has 1 unspecified atom stereocenters. The standard InChI is InChI=1S/C36H31N/c1-24-20-31(23-34-35(24)32-14-8-9-15-33(32)36(34,2)3)37(29-18-16-25-10-4-6-12-27(25)21-29)30-19-17-26-11-5-7-13-28(26)22-30/h4-19,21-24H,20H2,1-3H3. The van der Waals surface area contributed by atoms with Gasteiger partial charge in [0.1, 0.15) is 0 Å². The Kier molecular flexibility index (Phi) is 4.91. The summed E-state index contributed by atoms with van der Waals surface area (Å²) in [4.78, 5) is 2.50. The van der Waals surface area contributed by atoms with Crippen molar-refractivity contribution in [1.29, 1.82) is 0 Å². The Balaban J connectivity index is 1.44. The first-order chi connectivity index (χ1) is 18.0. The molecule has 5 aromatic rings. The van der Waals surface area contributed by atoms with Crippen molar-refractivity contribution in [2.24, 2.45) is 5.92 Å². The van der Waals surface area contributed by atoms with Gasteiger partial charge in [0.15, 0.2) is 0 Å². The van der Waals surface area contributed by atoms with Crippen LogP contribution in [0.25, 0.3) is 27.1 Å². The van der Waals surface area contributed by atoms with Crippen LogP contribution in [-0.2, 0) is 5.41 Å². The van der Waals surface area contributed by atoms with Crippen molar-refractivity contribution in [2.45, 2.75) is 32.6 Å². The van der Waals surface area contributed by atoms with E-state index < -0.39 is 0 Å². The Morgan fingerprint density at radius 1 is 0.649 bits per heavy atom. The zero-order chi connectivity index (χ0) is 25.1. The molecule has 2 aliphatic rings. The van der Waals surface area contributed by atoms with Gasteiger partial charge in [0.2, 0.25) is 0 Å². The smallest absolute Gasteiger partial charge is 0.0464 e. The number of rotatable bonds is 3. The number of hydrogen-bond donors (Lipinski definition) is 0. The lowest BCUT2D eigenvalue weighted by Gasteiger charge is -2.35. The van der Waals surface area contributed by atoms with E-state index in [1.54, 1.807) is 0 Å². The third-order valence-electron chi connectivity index (χ3n) is 8.44. The molecule has 2 aliphatic carbocycles. The lowest BCUT2D eigenvalue weighted by Crippen LogP contribution is -2.24. The average Bonchev–Trinajstić information content (AvgIpc) is 3.16. The monoisotopic (exact) mass is 477 g/mol. The van der Waals surface area contributed by atoms with Gasteiger partial charge in [-0.25, -0.2) is 0 Å². The summed E-state index contributed by atoms with van der Waals surface area (Å²) in [7, 11) is 0. The molecule has 5 aromatic carbocycles. The Hall–Kier alpha value is -4.10. The number of nitrogens with zero attached hydrogens (tertiary/aromatic N) is 1. The van der Waals surface area contributed by atoms with Crippen LogP contribution >= 0.6 is 0 Å². The highest BCUT2D eigenvalue weighted by molar-refractivity contribution is 5.92. The van der Waals surface area contributed by atoms with E-state index in [0.717, 1.165) is 6.42 Å². The SMILES string of the molecule is CC1CC(N(c2ccc3ccccc3c2)c2ccc3ccccc3c2)=CC2=C1c1ccccc1C2(C)C. The van der Waals surface area contributed by atoms with Gasteiger partial charge in [0, 0.05) is 22.5 Å². The first-order valence-electron chi connectivity index (χ1n) is 13.3. The van der Waals surface area contributed by atoms with Gasteiger partial charge in [-0.1, -0.05) is 106 Å². The summed E-state index contributed by atoms with van der Waals surface area (Å²) in [5, 5.41) is 5.08. The molecule has 0 amide bonds. The van der Waals surface area contributed by atoms with Crippen molar-refractivity contribution >= 4 is 38.5 Å². The molecule has 0 aromatic heterocycles. The second-order valence-electron chi connectivity index (χ2n) is 11.1. The maximum Gasteiger partial charge on any atom is 0.0464 e. The van der Waals surface area contributed by atoms with Crippen molar-refractivity contribution in [1.82, 2.24) is 0 Å². The fraction of sp³-hybridized carbons (Fsp3) is 0.167. The molecular weight excluding hydrogens is 446 g/mol. The average molecular weight is 478 g/mol. The predicted octanol–water partition coefficient (Wildman–Crippen LogP) is 9.80. The Bertz CT molecular complexity index is 1670. The molecule has 7 rings (SSSR count). The van der Waals surface area contributed by atoms with Gasteiger partial charge in [-0.3, -0.25) is 0 Å². The molecule has 0 aliphatic heterocycles. The van der Waals surface area contributed by atoms with E-state index >= 15 is 0 Å². The van der Waals surface area contributed by atoms with E-state index in [9.17, 15) is 0 Å². The molecular formula is C36H31N. The summed E-state index contributed by atoms with van der Waals surface area (Å²) in [6.45, 7) is 7.17. The molecule has 0 radical (unpaired) electrons. The summed E-state index contributed by atoms with van der Waals surface area (Å²) < 4.78 is 0. The highest BCUT2D eigenvalue weighted by Gasteiger charge is 2.41. The molecule has 0 bridgehead atoms. The quantitative estimate of drug-likeness (QED) is 0.250. The molecule has 1 heteroatoms. The number of benzene rings is 5. The van der Waals surface area contributed by atoms with Crippen LogP contribution < -0.4 is 4.90 Å². The minimum Gasteiger partial charge on any atom is -0.314 e. The lowest BCUT2D eigenvalue weighted by molar-refractivity contribution is 0.634. The Morgan fingerprint density at radius 2 is 1.19 bits per heavy atom. The molecule has 1 nitrogen and oxygen atoms in total. The first-order valence-corrected chi connectivity index (χ1v) is 13.3. The van der Waals surface area contributed by atoms with E-state index in [-0.39, 0.29) is 5.41 Å². The first kappa shape index (κ1) is 22.1. The Morgan fingerprint density at radius 3 is 1.81 bits per heavy atom. The Labute approximate surface area is 219 Å². The van der Waals surface area contributed by atoms with Crippen molar-refractivity contribution in [3.63, 3.8) is 0 Å². The minimum absolute atomic E-state index is 0.00963. The molecule has 1 atom stereocenters. The van der Waals surface area contributed by atoms with Crippen LogP contribution in [0.1, 0.15) is 38.3 Å². The zero-order valence-electron chi connectivity index (χ0n) is 21.7. The summed E-state index contributed by atoms with van der Waals surface area (Å²) >= 11 is 0. The van der Waals surface area contributed by atoms with Crippen LogP contribution in [0.2, 0.25) is 0 Å². The summed E-state index contributed by atoms with van der Waals surface area (Å²) in [6.07, 6.45) is 3.50. The van der Waals surface area contributed by atoms with E-state index in [1.807, 2.05) is 0 Å². The molecule has 0 saturated heterocycles. The van der Waals surface area contributed by atoms with Gasteiger partial charge in [0.05, 0.1) is 0 Å². The minimum atomic E-state index is -0.00963. The van der Waals surface area contributed by atoms with Crippen LogP contribution in [0, 0.1) is 5.92 Å². The van der Waals surface area contributed by atoms with Crippen LogP contribution in [0.3, 0.4) is 0 Å². The van der Waals surface area contributed by atoms with E-state index in [1.165, 1.54) is 60.9 Å². The fourth-order valence-corrected chi connectivity index (χ4v) is 6.59. The molecule has 0 spiro atoms. The molecule has 0 heterocycles. The van der Waals surface area contributed by atoms with Crippen molar-refractivity contribution < 1.29 is 0 Å². The van der Waals surface area contributed by atoms with Gasteiger partial charge >= 0.3 is 0 Å². The van der Waals surface area contributed by atoms with E-state index in [4.69, 9.17) is 0 Å².